The van der Waals surface area contributed by atoms with E-state index < -0.39 is 6.04 Å². The molecule has 0 saturated carbocycles. The van der Waals surface area contributed by atoms with Gasteiger partial charge in [-0.3, -0.25) is 9.59 Å². The van der Waals surface area contributed by atoms with Crippen LogP contribution in [0.3, 0.4) is 0 Å². The fourth-order valence-electron chi connectivity index (χ4n) is 0.954. The molecule has 0 N–H and O–H groups in total. The lowest BCUT2D eigenvalue weighted by atomic mass is 10.2. The van der Waals surface area contributed by atoms with E-state index in [-0.39, 0.29) is 35.3 Å². The standard InChI is InChI=1S/C9H17FNO2PS/c1-6(15-10)4-5-8(12)11(3)7(2)9(13)14/h6-7H,4-5,14H2,1-3H3. The molecule has 0 aromatic carbocycles. The summed E-state index contributed by atoms with van der Waals surface area (Å²) in [7, 11) is 3.64. The summed E-state index contributed by atoms with van der Waals surface area (Å²) >= 11 is 0.251. The van der Waals surface area contributed by atoms with Crippen LogP contribution in [0.5, 0.6) is 0 Å². The van der Waals surface area contributed by atoms with Crippen LogP contribution in [0.25, 0.3) is 0 Å². The molecule has 3 unspecified atom stereocenters. The minimum atomic E-state index is -0.434. The van der Waals surface area contributed by atoms with Crippen LogP contribution >= 0.6 is 21.4 Å². The van der Waals surface area contributed by atoms with Crippen LogP contribution in [-0.4, -0.2) is 34.7 Å². The molecule has 0 heterocycles. The molecular weight excluding hydrogens is 236 g/mol. The van der Waals surface area contributed by atoms with Gasteiger partial charge in [-0.25, -0.2) is 0 Å². The van der Waals surface area contributed by atoms with Gasteiger partial charge < -0.3 is 4.90 Å². The Bertz CT molecular complexity index is 240. The van der Waals surface area contributed by atoms with Gasteiger partial charge in [-0.1, -0.05) is 16.2 Å². The Morgan fingerprint density at radius 1 is 1.47 bits per heavy atom. The molecule has 0 saturated heterocycles. The minimum Gasteiger partial charge on any atom is -0.336 e. The van der Waals surface area contributed by atoms with Gasteiger partial charge in [-0.2, -0.15) is 3.89 Å². The van der Waals surface area contributed by atoms with Crippen LogP contribution in [-0.2, 0) is 9.59 Å². The van der Waals surface area contributed by atoms with Crippen molar-refractivity contribution >= 4 is 32.8 Å². The molecule has 3 nitrogen and oxygen atoms in total. The predicted octanol–water partition coefficient (Wildman–Crippen LogP) is 2.02. The largest absolute Gasteiger partial charge is 0.336 e. The van der Waals surface area contributed by atoms with E-state index in [1.165, 1.54) is 4.90 Å². The summed E-state index contributed by atoms with van der Waals surface area (Å²) in [6.45, 7) is 3.39. The Hall–Kier alpha value is -0.150. The van der Waals surface area contributed by atoms with Crippen molar-refractivity contribution in [2.24, 2.45) is 0 Å². The highest BCUT2D eigenvalue weighted by Gasteiger charge is 2.19. The van der Waals surface area contributed by atoms with Crippen LogP contribution in [0.1, 0.15) is 26.7 Å². The van der Waals surface area contributed by atoms with Crippen molar-refractivity contribution in [2.45, 2.75) is 38.0 Å². The summed E-state index contributed by atoms with van der Waals surface area (Å²) in [6, 6.07) is -0.434. The molecule has 0 fully saturated rings. The summed E-state index contributed by atoms with van der Waals surface area (Å²) in [5, 5.41) is -0.177. The lowest BCUT2D eigenvalue weighted by molar-refractivity contribution is -0.135. The Morgan fingerprint density at radius 2 is 2.00 bits per heavy atom. The van der Waals surface area contributed by atoms with E-state index in [0.717, 1.165) is 0 Å². The second kappa shape index (κ2) is 7.18. The monoisotopic (exact) mass is 253 g/mol. The third-order valence-electron chi connectivity index (χ3n) is 2.30. The Balaban J connectivity index is 4.05. The van der Waals surface area contributed by atoms with Crippen LogP contribution < -0.4 is 0 Å². The zero-order valence-electron chi connectivity index (χ0n) is 9.20. The molecule has 0 aliphatic carbocycles. The lowest BCUT2D eigenvalue weighted by Gasteiger charge is -2.22. The minimum absolute atomic E-state index is 0.126. The average Bonchev–Trinajstić information content (AvgIpc) is 2.22. The summed E-state index contributed by atoms with van der Waals surface area (Å²) < 4.78 is 12.1. The SMILES string of the molecule is CC(CCC(=O)N(C)C(C)C(=O)P)SF. The molecule has 0 rings (SSSR count). The smallest absolute Gasteiger partial charge is 0.222 e. The first-order chi connectivity index (χ1) is 6.90. The van der Waals surface area contributed by atoms with Crippen LogP contribution in [0, 0.1) is 0 Å². The summed E-state index contributed by atoms with van der Waals surface area (Å²) in [6.07, 6.45) is 0.763. The maximum atomic E-state index is 12.1. The van der Waals surface area contributed by atoms with E-state index in [0.29, 0.717) is 6.42 Å². The molecule has 15 heavy (non-hydrogen) atoms. The van der Waals surface area contributed by atoms with Gasteiger partial charge in [0.15, 0.2) is 5.52 Å². The third-order valence-corrected chi connectivity index (χ3v) is 3.33. The van der Waals surface area contributed by atoms with Gasteiger partial charge in [0.2, 0.25) is 5.91 Å². The lowest BCUT2D eigenvalue weighted by Crippen LogP contribution is -2.38. The number of likely N-dealkylation sites (N-methyl/N-ethyl adjacent to an activating group) is 1. The van der Waals surface area contributed by atoms with Crippen molar-refractivity contribution in [1.82, 2.24) is 4.90 Å². The predicted molar refractivity (Wildman–Crippen MR) is 64.3 cm³/mol. The highest BCUT2D eigenvalue weighted by Crippen LogP contribution is 2.17. The van der Waals surface area contributed by atoms with Gasteiger partial charge in [0.25, 0.3) is 0 Å². The number of nitrogens with zero attached hydrogens (tertiary/aromatic N) is 1. The van der Waals surface area contributed by atoms with Crippen LogP contribution in [0.4, 0.5) is 3.89 Å². The van der Waals surface area contributed by atoms with E-state index in [1.807, 2.05) is 0 Å². The van der Waals surface area contributed by atoms with E-state index in [2.05, 4.69) is 9.24 Å². The fraction of sp³-hybridized carbons (Fsp3) is 0.778. The zero-order chi connectivity index (χ0) is 12.0. The van der Waals surface area contributed by atoms with Crippen LogP contribution in [0.2, 0.25) is 0 Å². The average molecular weight is 253 g/mol. The maximum Gasteiger partial charge on any atom is 0.222 e. The Labute approximate surface area is 96.7 Å². The molecule has 88 valence electrons. The van der Waals surface area contributed by atoms with Crippen molar-refractivity contribution < 1.29 is 13.5 Å². The quantitative estimate of drug-likeness (QED) is 0.680. The normalized spacial score (nSPS) is 14.5. The van der Waals surface area contributed by atoms with Gasteiger partial charge in [-0.05, 0) is 13.3 Å². The number of carbonyl (C=O) groups excluding carboxylic acids is 2. The van der Waals surface area contributed by atoms with Crippen LogP contribution in [0.15, 0.2) is 0 Å². The third kappa shape index (κ3) is 5.47. The van der Waals surface area contributed by atoms with E-state index >= 15 is 0 Å². The second-order valence-corrected chi connectivity index (χ2v) is 5.07. The fourth-order valence-corrected chi connectivity index (χ4v) is 1.39. The molecule has 0 aliphatic rings. The van der Waals surface area contributed by atoms with Gasteiger partial charge in [0.1, 0.15) is 0 Å². The highest BCUT2D eigenvalue weighted by molar-refractivity contribution is 7.94. The number of carbonyl (C=O) groups is 2. The first kappa shape index (κ1) is 14.8. The number of amides is 1. The van der Waals surface area contributed by atoms with E-state index in [4.69, 9.17) is 0 Å². The van der Waals surface area contributed by atoms with Gasteiger partial charge in [0, 0.05) is 30.9 Å². The molecule has 6 heteroatoms. The molecular formula is C9H17FNO2PS. The van der Waals surface area contributed by atoms with Gasteiger partial charge in [0.05, 0.1) is 6.04 Å². The van der Waals surface area contributed by atoms with Crippen molar-refractivity contribution in [1.29, 1.82) is 0 Å². The van der Waals surface area contributed by atoms with Crippen molar-refractivity contribution in [3.8, 4) is 0 Å². The molecule has 0 aromatic heterocycles. The number of halogens is 1. The first-order valence-corrected chi connectivity index (χ1v) is 6.08. The summed E-state index contributed by atoms with van der Waals surface area (Å²) in [5.41, 5.74) is -0.126. The molecule has 0 bridgehead atoms. The van der Waals surface area contributed by atoms with E-state index in [9.17, 15) is 13.5 Å². The number of hydrogen-bond acceptors (Lipinski definition) is 3. The van der Waals surface area contributed by atoms with Crippen molar-refractivity contribution in [3.63, 3.8) is 0 Å². The maximum absolute atomic E-state index is 12.1. The summed E-state index contributed by atoms with van der Waals surface area (Å²) in [5.74, 6) is -0.126. The molecule has 0 radical (unpaired) electrons. The topological polar surface area (TPSA) is 37.4 Å². The molecule has 3 atom stereocenters. The molecule has 1 amide bonds. The highest BCUT2D eigenvalue weighted by atomic mass is 32.2. The van der Waals surface area contributed by atoms with Gasteiger partial charge in [-0.15, -0.1) is 0 Å². The molecule has 0 aromatic rings. The van der Waals surface area contributed by atoms with Crippen molar-refractivity contribution in [3.05, 3.63) is 0 Å². The molecule has 0 spiro atoms. The Morgan fingerprint density at radius 3 is 2.40 bits per heavy atom. The molecule has 0 aliphatic heterocycles. The number of rotatable bonds is 6. The van der Waals surface area contributed by atoms with Crippen molar-refractivity contribution in [2.75, 3.05) is 7.05 Å². The van der Waals surface area contributed by atoms with E-state index in [1.54, 1.807) is 20.9 Å². The Kier molecular flexibility index (Phi) is 7.11. The van der Waals surface area contributed by atoms with Gasteiger partial charge >= 0.3 is 0 Å². The first-order valence-electron chi connectivity index (χ1n) is 4.72. The summed E-state index contributed by atoms with van der Waals surface area (Å²) in [4.78, 5) is 23.9. The zero-order valence-corrected chi connectivity index (χ0v) is 11.2. The second-order valence-electron chi connectivity index (χ2n) is 3.52. The number of hydrogen-bond donors (Lipinski definition) is 0.